The quantitative estimate of drug-likeness (QED) is 0.405. The molecule has 12 heteroatoms. The van der Waals surface area contributed by atoms with Gasteiger partial charge in [0.1, 0.15) is 4.88 Å². The number of esters is 1. The number of sulfonamides is 1. The number of thiophene rings is 1. The molecule has 0 aliphatic rings. The van der Waals surface area contributed by atoms with Gasteiger partial charge >= 0.3 is 11.0 Å². The van der Waals surface area contributed by atoms with Crippen molar-refractivity contribution in [3.8, 4) is 0 Å². The molecule has 0 radical (unpaired) electrons. The smallest absolute Gasteiger partial charge is 0.349 e. The molecule has 28 heavy (non-hydrogen) atoms. The van der Waals surface area contributed by atoms with Crippen molar-refractivity contribution in [2.45, 2.75) is 11.8 Å². The third-order valence-corrected chi connectivity index (χ3v) is 6.51. The van der Waals surface area contributed by atoms with Crippen LogP contribution in [0.25, 0.3) is 0 Å². The molecule has 2 rings (SSSR count). The minimum Gasteiger partial charge on any atom is -0.451 e. The Labute approximate surface area is 164 Å². The van der Waals surface area contributed by atoms with Crippen LogP contribution in [0.3, 0.4) is 0 Å². The highest BCUT2D eigenvalue weighted by molar-refractivity contribution is 7.89. The predicted molar refractivity (Wildman–Crippen MR) is 102 cm³/mol. The van der Waals surface area contributed by atoms with Crippen molar-refractivity contribution in [1.82, 2.24) is 4.31 Å². The second kappa shape index (κ2) is 8.46. The van der Waals surface area contributed by atoms with Crippen LogP contribution < -0.4 is 5.32 Å². The highest BCUT2D eigenvalue weighted by Gasteiger charge is 2.21. The predicted octanol–water partition coefficient (Wildman–Crippen LogP) is 2.01. The van der Waals surface area contributed by atoms with Crippen molar-refractivity contribution in [2.24, 2.45) is 0 Å². The second-order valence-electron chi connectivity index (χ2n) is 5.79. The number of nitro groups is 1. The van der Waals surface area contributed by atoms with Crippen molar-refractivity contribution in [2.75, 3.05) is 26.0 Å². The van der Waals surface area contributed by atoms with Crippen molar-refractivity contribution in [3.05, 3.63) is 50.9 Å². The molecule has 0 fully saturated rings. The fraction of sp³-hybridized carbons (Fsp3) is 0.250. The Morgan fingerprint density at radius 1 is 1.25 bits per heavy atom. The summed E-state index contributed by atoms with van der Waals surface area (Å²) in [6.45, 7) is 0.998. The Kier molecular flexibility index (Phi) is 6.48. The van der Waals surface area contributed by atoms with Gasteiger partial charge in [0.15, 0.2) is 6.61 Å². The van der Waals surface area contributed by atoms with Crippen LogP contribution in [0, 0.1) is 17.0 Å². The first kappa shape index (κ1) is 21.5. The first-order valence-corrected chi connectivity index (χ1v) is 10.0. The number of nitrogens with one attached hydrogen (secondary N) is 1. The topological polar surface area (TPSA) is 136 Å². The molecule has 1 heterocycles. The van der Waals surface area contributed by atoms with Gasteiger partial charge in [-0.3, -0.25) is 14.9 Å². The van der Waals surface area contributed by atoms with Gasteiger partial charge in [0.2, 0.25) is 10.0 Å². The van der Waals surface area contributed by atoms with Gasteiger partial charge in [-0.2, -0.15) is 0 Å². The minimum absolute atomic E-state index is 0.00537. The van der Waals surface area contributed by atoms with Gasteiger partial charge in [-0.05, 0) is 30.7 Å². The Balaban J connectivity index is 2.03. The number of ether oxygens (including phenoxy) is 1. The molecular weight excluding hydrogens is 410 g/mol. The number of carbonyl (C=O) groups is 2. The summed E-state index contributed by atoms with van der Waals surface area (Å²) in [6, 6.07) is 6.78. The van der Waals surface area contributed by atoms with E-state index in [0.717, 1.165) is 4.31 Å². The summed E-state index contributed by atoms with van der Waals surface area (Å²) in [5.74, 6) is -1.55. The van der Waals surface area contributed by atoms with E-state index >= 15 is 0 Å². The number of aryl methyl sites for hydroxylation is 1. The summed E-state index contributed by atoms with van der Waals surface area (Å²) < 4.78 is 30.5. The van der Waals surface area contributed by atoms with E-state index in [4.69, 9.17) is 4.74 Å². The highest BCUT2D eigenvalue weighted by Crippen LogP contribution is 2.25. The Morgan fingerprint density at radius 3 is 2.50 bits per heavy atom. The van der Waals surface area contributed by atoms with E-state index in [1.165, 1.54) is 38.4 Å². The van der Waals surface area contributed by atoms with Gasteiger partial charge < -0.3 is 10.1 Å². The lowest BCUT2D eigenvalue weighted by atomic mass is 10.2. The van der Waals surface area contributed by atoms with Gasteiger partial charge in [-0.25, -0.2) is 17.5 Å². The van der Waals surface area contributed by atoms with E-state index in [2.05, 4.69) is 5.32 Å². The zero-order valence-corrected chi connectivity index (χ0v) is 16.8. The molecule has 10 nitrogen and oxygen atoms in total. The number of nitrogens with zero attached hydrogens (tertiary/aromatic N) is 2. The standard InChI is InChI=1S/C16H17N3O7S2/c1-10-4-5-11(8-13(10)28(24,25)18(2)3)17-14(20)9-26-16(21)12-6-7-15(27-12)19(22)23/h4-8H,9H2,1-3H3,(H,17,20). The zero-order valence-electron chi connectivity index (χ0n) is 15.2. The Morgan fingerprint density at radius 2 is 1.93 bits per heavy atom. The molecule has 0 atom stereocenters. The van der Waals surface area contributed by atoms with E-state index in [0.29, 0.717) is 16.9 Å². The molecule has 0 bridgehead atoms. The summed E-state index contributed by atoms with van der Waals surface area (Å²) in [5, 5.41) is 12.9. The van der Waals surface area contributed by atoms with Crippen LogP contribution in [-0.4, -0.2) is 50.2 Å². The molecule has 1 aromatic carbocycles. The summed E-state index contributed by atoms with van der Waals surface area (Å²) in [5.41, 5.74) is 0.733. The van der Waals surface area contributed by atoms with E-state index in [1.807, 2.05) is 0 Å². The first-order valence-electron chi connectivity index (χ1n) is 7.76. The average molecular weight is 427 g/mol. The van der Waals surface area contributed by atoms with Crippen molar-refractivity contribution in [1.29, 1.82) is 0 Å². The molecule has 1 aromatic heterocycles. The maximum atomic E-state index is 12.3. The molecule has 2 aromatic rings. The molecule has 0 unspecified atom stereocenters. The summed E-state index contributed by atoms with van der Waals surface area (Å²) in [6.07, 6.45) is 0. The molecule has 0 saturated carbocycles. The van der Waals surface area contributed by atoms with E-state index in [-0.39, 0.29) is 20.5 Å². The summed E-state index contributed by atoms with van der Waals surface area (Å²) >= 11 is 0.637. The Hall–Kier alpha value is -2.83. The van der Waals surface area contributed by atoms with Crippen molar-refractivity contribution >= 4 is 43.9 Å². The summed E-state index contributed by atoms with van der Waals surface area (Å²) in [4.78, 5) is 33.9. The highest BCUT2D eigenvalue weighted by atomic mass is 32.2. The van der Waals surface area contributed by atoms with Gasteiger partial charge in [0.05, 0.1) is 9.82 Å². The third kappa shape index (κ3) is 4.91. The van der Waals surface area contributed by atoms with Crippen LogP contribution in [0.5, 0.6) is 0 Å². The molecule has 150 valence electrons. The lowest BCUT2D eigenvalue weighted by Gasteiger charge is -2.15. The second-order valence-corrected chi connectivity index (χ2v) is 8.97. The van der Waals surface area contributed by atoms with Crippen molar-refractivity contribution < 1.29 is 27.7 Å². The van der Waals surface area contributed by atoms with Gasteiger partial charge in [0.25, 0.3) is 5.91 Å². The number of carbonyl (C=O) groups excluding carboxylic acids is 2. The molecule has 0 saturated heterocycles. The fourth-order valence-corrected chi connectivity index (χ4v) is 3.95. The first-order chi connectivity index (χ1) is 13.0. The third-order valence-electron chi connectivity index (χ3n) is 3.54. The monoisotopic (exact) mass is 427 g/mol. The molecular formula is C16H17N3O7S2. The van der Waals surface area contributed by atoms with Crippen LogP contribution >= 0.6 is 11.3 Å². The average Bonchev–Trinajstić information content (AvgIpc) is 3.11. The van der Waals surface area contributed by atoms with E-state index in [1.54, 1.807) is 13.0 Å². The molecule has 1 N–H and O–H groups in total. The van der Waals surface area contributed by atoms with Crippen LogP contribution in [-0.2, 0) is 19.6 Å². The maximum absolute atomic E-state index is 12.3. The van der Waals surface area contributed by atoms with E-state index < -0.39 is 33.4 Å². The van der Waals surface area contributed by atoms with Crippen LogP contribution in [0.1, 0.15) is 15.2 Å². The lowest BCUT2D eigenvalue weighted by molar-refractivity contribution is -0.380. The number of benzene rings is 1. The zero-order chi connectivity index (χ0) is 21.1. The number of amides is 1. The minimum atomic E-state index is -3.69. The number of hydrogen-bond acceptors (Lipinski definition) is 8. The van der Waals surface area contributed by atoms with Crippen LogP contribution in [0.4, 0.5) is 10.7 Å². The number of hydrogen-bond donors (Lipinski definition) is 1. The van der Waals surface area contributed by atoms with Gasteiger partial charge in [-0.1, -0.05) is 17.4 Å². The molecule has 0 aliphatic carbocycles. The van der Waals surface area contributed by atoms with Crippen LogP contribution in [0.15, 0.2) is 35.2 Å². The lowest BCUT2D eigenvalue weighted by Crippen LogP contribution is -2.24. The molecule has 1 amide bonds. The molecule has 0 aliphatic heterocycles. The van der Waals surface area contributed by atoms with E-state index in [9.17, 15) is 28.1 Å². The SMILES string of the molecule is Cc1ccc(NC(=O)COC(=O)c2ccc([N+](=O)[O-])s2)cc1S(=O)(=O)N(C)C. The van der Waals surface area contributed by atoms with Gasteiger partial charge in [-0.15, -0.1) is 0 Å². The van der Waals surface area contributed by atoms with Crippen LogP contribution in [0.2, 0.25) is 0 Å². The maximum Gasteiger partial charge on any atom is 0.349 e. The number of anilines is 1. The van der Waals surface area contributed by atoms with Gasteiger partial charge in [0, 0.05) is 25.8 Å². The summed E-state index contributed by atoms with van der Waals surface area (Å²) in [7, 11) is -0.895. The number of rotatable bonds is 7. The Bertz CT molecular complexity index is 1030. The fourth-order valence-electron chi connectivity index (χ4n) is 2.09. The largest absolute Gasteiger partial charge is 0.451 e. The normalized spacial score (nSPS) is 11.3. The molecule has 0 spiro atoms. The van der Waals surface area contributed by atoms with Crippen molar-refractivity contribution in [3.63, 3.8) is 0 Å².